The van der Waals surface area contributed by atoms with Crippen molar-refractivity contribution < 1.29 is 9.59 Å². The second-order valence-electron chi connectivity index (χ2n) is 7.17. The Morgan fingerprint density at radius 1 is 0.900 bits per heavy atom. The molecule has 7 heteroatoms. The number of rotatable bonds is 5. The number of carbonyl (C=O) groups excluding carboxylic acids is 2. The molecule has 0 aliphatic carbocycles. The maximum atomic E-state index is 12.6. The molecule has 2 heterocycles. The maximum Gasteiger partial charge on any atom is 0.233 e. The summed E-state index contributed by atoms with van der Waals surface area (Å²) < 4.78 is 0. The molecule has 2 amide bonds. The Balaban J connectivity index is 1.48. The van der Waals surface area contributed by atoms with Gasteiger partial charge in [-0.2, -0.15) is 0 Å². The molecule has 0 spiro atoms. The predicted octanol–water partition coefficient (Wildman–Crippen LogP) is 3.53. The summed E-state index contributed by atoms with van der Waals surface area (Å²) in [7, 11) is 0. The molecule has 154 valence electrons. The van der Waals surface area contributed by atoms with E-state index in [1.54, 1.807) is 11.8 Å². The van der Waals surface area contributed by atoms with E-state index in [1.807, 2.05) is 65.6 Å². The first kappa shape index (κ1) is 20.2. The summed E-state index contributed by atoms with van der Waals surface area (Å²) in [6, 6.07) is 20.1. The van der Waals surface area contributed by atoms with Gasteiger partial charge in [-0.1, -0.05) is 72.4 Å². The summed E-state index contributed by atoms with van der Waals surface area (Å²) in [6.45, 7) is 3.94. The summed E-state index contributed by atoms with van der Waals surface area (Å²) in [5, 5.41) is 0.725. The number of carbonyl (C=O) groups is 2. The largest absolute Gasteiger partial charge is 0.339 e. The van der Waals surface area contributed by atoms with Crippen molar-refractivity contribution in [1.29, 1.82) is 0 Å². The first-order chi connectivity index (χ1) is 14.6. The van der Waals surface area contributed by atoms with Gasteiger partial charge in [0.05, 0.1) is 17.1 Å². The third-order valence-corrected chi connectivity index (χ3v) is 6.06. The van der Waals surface area contributed by atoms with Crippen LogP contribution in [-0.2, 0) is 9.59 Å². The van der Waals surface area contributed by atoms with Crippen LogP contribution in [-0.4, -0.2) is 63.5 Å². The number of aromatic amines is 1. The summed E-state index contributed by atoms with van der Waals surface area (Å²) in [6.07, 6.45) is 0. The quantitative estimate of drug-likeness (QED) is 0.641. The van der Waals surface area contributed by atoms with E-state index in [4.69, 9.17) is 4.98 Å². The number of piperazine rings is 1. The molecule has 1 N–H and O–H groups in total. The topological polar surface area (TPSA) is 69.3 Å². The van der Waals surface area contributed by atoms with Crippen molar-refractivity contribution in [2.75, 3.05) is 31.9 Å². The molecular formula is C23H24N4O2S. The highest BCUT2D eigenvalue weighted by Gasteiger charge is 2.23. The fourth-order valence-electron chi connectivity index (χ4n) is 3.53. The first-order valence-electron chi connectivity index (χ1n) is 9.99. The molecule has 30 heavy (non-hydrogen) atoms. The molecule has 1 aromatic heterocycles. The van der Waals surface area contributed by atoms with Crippen LogP contribution in [0.5, 0.6) is 0 Å². The van der Waals surface area contributed by atoms with Gasteiger partial charge in [-0.3, -0.25) is 9.59 Å². The van der Waals surface area contributed by atoms with E-state index in [2.05, 4.69) is 4.98 Å². The van der Waals surface area contributed by atoms with Crippen molar-refractivity contribution in [1.82, 2.24) is 19.8 Å². The van der Waals surface area contributed by atoms with Crippen LogP contribution in [0.1, 0.15) is 6.92 Å². The van der Waals surface area contributed by atoms with Gasteiger partial charge in [0.2, 0.25) is 11.8 Å². The lowest BCUT2D eigenvalue weighted by molar-refractivity contribution is -0.136. The highest BCUT2D eigenvalue weighted by atomic mass is 32.2. The average Bonchev–Trinajstić information content (AvgIpc) is 3.23. The number of imidazole rings is 1. The second kappa shape index (κ2) is 9.17. The molecule has 2 aromatic carbocycles. The number of nitrogens with zero attached hydrogens (tertiary/aromatic N) is 3. The fraction of sp³-hybridized carbons (Fsp3) is 0.261. The van der Waals surface area contributed by atoms with Crippen LogP contribution in [0.3, 0.4) is 0 Å². The van der Waals surface area contributed by atoms with Gasteiger partial charge in [0.25, 0.3) is 0 Å². The number of amides is 2. The minimum absolute atomic E-state index is 0.0638. The third kappa shape index (κ3) is 4.57. The van der Waals surface area contributed by atoms with Crippen LogP contribution in [0.15, 0.2) is 65.8 Å². The van der Waals surface area contributed by atoms with E-state index in [0.717, 1.165) is 27.7 Å². The molecule has 3 aromatic rings. The van der Waals surface area contributed by atoms with Crippen LogP contribution in [0.4, 0.5) is 0 Å². The summed E-state index contributed by atoms with van der Waals surface area (Å²) in [5.41, 5.74) is 3.92. The number of thioether (sulfide) groups is 1. The molecule has 0 bridgehead atoms. The number of hydrogen-bond acceptors (Lipinski definition) is 4. The lowest BCUT2D eigenvalue weighted by Gasteiger charge is -2.34. The Morgan fingerprint density at radius 2 is 1.47 bits per heavy atom. The smallest absolute Gasteiger partial charge is 0.233 e. The second-order valence-corrected chi connectivity index (χ2v) is 8.14. The standard InChI is InChI=1S/C23H24N4O2S/c1-17(28)26-12-14-27(15-13-26)20(29)16-30-23-24-21(18-8-4-2-5-9-18)22(25-23)19-10-6-3-7-11-19/h2-11H,12-16H2,1H3,(H,24,25). The van der Waals surface area contributed by atoms with Crippen molar-refractivity contribution in [3.8, 4) is 22.5 Å². The normalized spacial score (nSPS) is 14.0. The Kier molecular flexibility index (Phi) is 6.18. The first-order valence-corrected chi connectivity index (χ1v) is 11.0. The average molecular weight is 421 g/mol. The molecule has 0 unspecified atom stereocenters. The van der Waals surface area contributed by atoms with E-state index >= 15 is 0 Å². The summed E-state index contributed by atoms with van der Waals surface area (Å²) >= 11 is 1.42. The number of nitrogens with one attached hydrogen (secondary N) is 1. The molecule has 1 saturated heterocycles. The van der Waals surface area contributed by atoms with E-state index < -0.39 is 0 Å². The highest BCUT2D eigenvalue weighted by molar-refractivity contribution is 7.99. The van der Waals surface area contributed by atoms with Crippen molar-refractivity contribution in [3.63, 3.8) is 0 Å². The number of aromatic nitrogens is 2. The minimum atomic E-state index is 0.0638. The molecule has 4 rings (SSSR count). The number of benzene rings is 2. The summed E-state index contributed by atoms with van der Waals surface area (Å²) in [5.74, 6) is 0.451. The molecule has 1 fully saturated rings. The third-order valence-electron chi connectivity index (χ3n) is 5.20. The molecular weight excluding hydrogens is 396 g/mol. The molecule has 1 aliphatic heterocycles. The zero-order valence-electron chi connectivity index (χ0n) is 16.9. The van der Waals surface area contributed by atoms with Gasteiger partial charge in [0, 0.05) is 44.2 Å². The van der Waals surface area contributed by atoms with Gasteiger partial charge < -0.3 is 14.8 Å². The van der Waals surface area contributed by atoms with Gasteiger partial charge in [-0.05, 0) is 0 Å². The molecule has 0 radical (unpaired) electrons. The van der Waals surface area contributed by atoms with Gasteiger partial charge in [0.1, 0.15) is 0 Å². The van der Waals surface area contributed by atoms with Crippen molar-refractivity contribution >= 4 is 23.6 Å². The zero-order valence-corrected chi connectivity index (χ0v) is 17.7. The van der Waals surface area contributed by atoms with Gasteiger partial charge >= 0.3 is 0 Å². The van der Waals surface area contributed by atoms with Crippen LogP contribution in [0.25, 0.3) is 22.5 Å². The van der Waals surface area contributed by atoms with E-state index in [-0.39, 0.29) is 11.8 Å². The Labute approximate surface area is 180 Å². The fourth-order valence-corrected chi connectivity index (χ4v) is 4.30. The lowest BCUT2D eigenvalue weighted by Crippen LogP contribution is -2.50. The molecule has 6 nitrogen and oxygen atoms in total. The summed E-state index contributed by atoms with van der Waals surface area (Å²) in [4.78, 5) is 35.9. The van der Waals surface area contributed by atoms with Crippen molar-refractivity contribution in [3.05, 3.63) is 60.7 Å². The van der Waals surface area contributed by atoms with E-state index in [9.17, 15) is 9.59 Å². The Morgan fingerprint density at radius 3 is 2.07 bits per heavy atom. The highest BCUT2D eigenvalue weighted by Crippen LogP contribution is 2.32. The number of H-pyrrole nitrogens is 1. The Hall–Kier alpha value is -3.06. The minimum Gasteiger partial charge on any atom is -0.339 e. The predicted molar refractivity (Wildman–Crippen MR) is 119 cm³/mol. The lowest BCUT2D eigenvalue weighted by atomic mass is 10.1. The molecule has 1 aliphatic rings. The van der Waals surface area contributed by atoms with Gasteiger partial charge in [-0.25, -0.2) is 4.98 Å². The van der Waals surface area contributed by atoms with Crippen molar-refractivity contribution in [2.45, 2.75) is 12.1 Å². The maximum absolute atomic E-state index is 12.6. The van der Waals surface area contributed by atoms with E-state index in [0.29, 0.717) is 31.9 Å². The van der Waals surface area contributed by atoms with Crippen LogP contribution < -0.4 is 0 Å². The molecule has 0 atom stereocenters. The number of hydrogen-bond donors (Lipinski definition) is 1. The van der Waals surface area contributed by atoms with Crippen molar-refractivity contribution in [2.24, 2.45) is 0 Å². The van der Waals surface area contributed by atoms with Gasteiger partial charge in [0.15, 0.2) is 5.16 Å². The zero-order chi connectivity index (χ0) is 20.9. The monoisotopic (exact) mass is 420 g/mol. The van der Waals surface area contributed by atoms with Gasteiger partial charge in [-0.15, -0.1) is 0 Å². The Bertz CT molecular complexity index is 955. The van der Waals surface area contributed by atoms with Crippen LogP contribution in [0, 0.1) is 0 Å². The SMILES string of the molecule is CC(=O)N1CCN(C(=O)CSc2nc(-c3ccccc3)c(-c3ccccc3)[nH]2)CC1. The van der Waals surface area contributed by atoms with E-state index in [1.165, 1.54) is 11.8 Å². The van der Waals surface area contributed by atoms with Crippen LogP contribution in [0.2, 0.25) is 0 Å². The molecule has 0 saturated carbocycles. The van der Waals surface area contributed by atoms with Crippen LogP contribution >= 0.6 is 11.8 Å².